The zero-order valence-corrected chi connectivity index (χ0v) is 7.87. The maximum absolute atomic E-state index is 8.35. The predicted molar refractivity (Wildman–Crippen MR) is 53.2 cm³/mol. The molecule has 3 heteroatoms. The van der Waals surface area contributed by atoms with Crippen molar-refractivity contribution in [2.75, 3.05) is 6.54 Å². The molecular formula is C10H18N2O. The van der Waals surface area contributed by atoms with Gasteiger partial charge in [0.1, 0.15) is 0 Å². The average Bonchev–Trinajstić information content (AvgIpc) is 2.15. The second-order valence-corrected chi connectivity index (χ2v) is 3.46. The van der Waals surface area contributed by atoms with Gasteiger partial charge in [0, 0.05) is 12.2 Å². The van der Waals surface area contributed by atoms with E-state index in [-0.39, 0.29) is 0 Å². The lowest BCUT2D eigenvalue weighted by molar-refractivity contribution is 0.164. The molecule has 1 rings (SSSR count). The molecule has 0 aromatic carbocycles. The summed E-state index contributed by atoms with van der Waals surface area (Å²) in [4.78, 5) is 0. The topological polar surface area (TPSA) is 58.3 Å². The average molecular weight is 182 g/mol. The minimum Gasteiger partial charge on any atom is -0.399 e. The SMILES string of the molecule is NC1=CCC(CCCCNO)C=C1. The standard InChI is InChI=1S/C10H18N2O/c11-10-6-4-9(5-7-10)3-1-2-8-12-13/h4,6-7,9,12-13H,1-3,5,8,11H2. The van der Waals surface area contributed by atoms with E-state index >= 15 is 0 Å². The van der Waals surface area contributed by atoms with E-state index < -0.39 is 0 Å². The Hall–Kier alpha value is -0.800. The van der Waals surface area contributed by atoms with Gasteiger partial charge >= 0.3 is 0 Å². The molecule has 1 unspecified atom stereocenters. The van der Waals surface area contributed by atoms with Gasteiger partial charge in [0.25, 0.3) is 0 Å². The van der Waals surface area contributed by atoms with Crippen LogP contribution < -0.4 is 11.2 Å². The molecule has 1 aliphatic rings. The zero-order valence-electron chi connectivity index (χ0n) is 7.87. The lowest BCUT2D eigenvalue weighted by atomic mass is 9.94. The van der Waals surface area contributed by atoms with Crippen LogP contribution in [0, 0.1) is 5.92 Å². The number of rotatable bonds is 5. The second kappa shape index (κ2) is 5.78. The second-order valence-electron chi connectivity index (χ2n) is 3.46. The highest BCUT2D eigenvalue weighted by Gasteiger charge is 2.06. The van der Waals surface area contributed by atoms with Crippen molar-refractivity contribution >= 4 is 0 Å². The molecule has 4 N–H and O–H groups in total. The fourth-order valence-electron chi connectivity index (χ4n) is 1.51. The van der Waals surface area contributed by atoms with Crippen molar-refractivity contribution in [3.63, 3.8) is 0 Å². The third kappa shape index (κ3) is 4.10. The molecule has 0 saturated heterocycles. The first-order valence-electron chi connectivity index (χ1n) is 4.83. The first-order chi connectivity index (χ1) is 6.33. The summed E-state index contributed by atoms with van der Waals surface area (Å²) in [5.74, 6) is 0.644. The fourth-order valence-corrected chi connectivity index (χ4v) is 1.51. The number of hydrogen-bond acceptors (Lipinski definition) is 3. The molecule has 0 bridgehead atoms. The molecule has 74 valence electrons. The molecule has 0 amide bonds. The van der Waals surface area contributed by atoms with E-state index in [1.165, 1.54) is 6.42 Å². The minimum atomic E-state index is 0.644. The summed E-state index contributed by atoms with van der Waals surface area (Å²) in [6.45, 7) is 0.689. The van der Waals surface area contributed by atoms with Crippen LogP contribution in [-0.4, -0.2) is 11.8 Å². The van der Waals surface area contributed by atoms with Crippen LogP contribution in [0.5, 0.6) is 0 Å². The Morgan fingerprint density at radius 1 is 1.54 bits per heavy atom. The molecule has 0 aromatic heterocycles. The molecule has 1 aliphatic carbocycles. The molecule has 0 aromatic rings. The molecular weight excluding hydrogens is 164 g/mol. The Morgan fingerprint density at radius 3 is 3.00 bits per heavy atom. The van der Waals surface area contributed by atoms with Gasteiger partial charge in [-0.1, -0.05) is 18.6 Å². The van der Waals surface area contributed by atoms with Crippen molar-refractivity contribution in [1.82, 2.24) is 5.48 Å². The Morgan fingerprint density at radius 2 is 2.38 bits per heavy atom. The van der Waals surface area contributed by atoms with Gasteiger partial charge in [-0.05, 0) is 31.3 Å². The fraction of sp³-hybridized carbons (Fsp3) is 0.600. The summed E-state index contributed by atoms with van der Waals surface area (Å²) in [6, 6.07) is 0. The first kappa shape index (κ1) is 10.3. The molecule has 0 heterocycles. The van der Waals surface area contributed by atoms with E-state index in [1.807, 2.05) is 6.08 Å². The van der Waals surface area contributed by atoms with E-state index in [4.69, 9.17) is 10.9 Å². The van der Waals surface area contributed by atoms with E-state index in [9.17, 15) is 0 Å². The summed E-state index contributed by atoms with van der Waals surface area (Å²) in [5.41, 5.74) is 8.65. The van der Waals surface area contributed by atoms with Gasteiger partial charge in [0.2, 0.25) is 0 Å². The third-order valence-electron chi connectivity index (χ3n) is 2.33. The van der Waals surface area contributed by atoms with Gasteiger partial charge in [0.15, 0.2) is 0 Å². The van der Waals surface area contributed by atoms with Crippen LogP contribution in [0.2, 0.25) is 0 Å². The Kier molecular flexibility index (Phi) is 4.57. The molecule has 0 radical (unpaired) electrons. The quantitative estimate of drug-likeness (QED) is 0.446. The highest BCUT2D eigenvalue weighted by molar-refractivity contribution is 5.20. The van der Waals surface area contributed by atoms with Crippen molar-refractivity contribution in [2.24, 2.45) is 11.7 Å². The van der Waals surface area contributed by atoms with Crippen molar-refractivity contribution in [3.8, 4) is 0 Å². The normalized spacial score (nSPS) is 21.6. The summed E-state index contributed by atoms with van der Waals surface area (Å²) < 4.78 is 0. The summed E-state index contributed by atoms with van der Waals surface area (Å²) in [5, 5.41) is 8.35. The lowest BCUT2D eigenvalue weighted by Crippen LogP contribution is -2.09. The molecule has 0 fully saturated rings. The highest BCUT2D eigenvalue weighted by atomic mass is 16.5. The minimum absolute atomic E-state index is 0.644. The van der Waals surface area contributed by atoms with Gasteiger partial charge in [0.05, 0.1) is 0 Å². The third-order valence-corrected chi connectivity index (χ3v) is 2.33. The van der Waals surface area contributed by atoms with E-state index in [2.05, 4.69) is 17.6 Å². The summed E-state index contributed by atoms with van der Waals surface area (Å²) in [7, 11) is 0. The molecule has 0 aliphatic heterocycles. The molecule has 1 atom stereocenters. The summed E-state index contributed by atoms with van der Waals surface area (Å²) in [6.07, 6.45) is 10.7. The van der Waals surface area contributed by atoms with Crippen LogP contribution >= 0.6 is 0 Å². The van der Waals surface area contributed by atoms with E-state index in [0.29, 0.717) is 12.5 Å². The molecule has 13 heavy (non-hydrogen) atoms. The van der Waals surface area contributed by atoms with Crippen LogP contribution in [0.4, 0.5) is 0 Å². The molecule has 0 saturated carbocycles. The highest BCUT2D eigenvalue weighted by Crippen LogP contribution is 2.19. The Balaban J connectivity index is 2.07. The molecule has 3 nitrogen and oxygen atoms in total. The van der Waals surface area contributed by atoms with Crippen molar-refractivity contribution < 1.29 is 5.21 Å². The smallest absolute Gasteiger partial charge is 0.0270 e. The zero-order chi connectivity index (χ0) is 9.52. The van der Waals surface area contributed by atoms with Gasteiger partial charge in [-0.2, -0.15) is 0 Å². The maximum atomic E-state index is 8.35. The number of hydroxylamine groups is 1. The van der Waals surface area contributed by atoms with Crippen LogP contribution in [-0.2, 0) is 0 Å². The van der Waals surface area contributed by atoms with Gasteiger partial charge in [-0.25, -0.2) is 5.48 Å². The number of allylic oxidation sites excluding steroid dienone is 3. The Bertz CT molecular complexity index is 199. The van der Waals surface area contributed by atoms with Crippen molar-refractivity contribution in [1.29, 1.82) is 0 Å². The largest absolute Gasteiger partial charge is 0.399 e. The molecule has 0 spiro atoms. The Labute approximate surface area is 79.3 Å². The van der Waals surface area contributed by atoms with Crippen LogP contribution in [0.15, 0.2) is 23.9 Å². The van der Waals surface area contributed by atoms with E-state index in [1.54, 1.807) is 0 Å². The van der Waals surface area contributed by atoms with E-state index in [0.717, 1.165) is 25.0 Å². The van der Waals surface area contributed by atoms with Crippen molar-refractivity contribution in [2.45, 2.75) is 25.7 Å². The number of unbranched alkanes of at least 4 members (excludes halogenated alkanes) is 1. The lowest BCUT2D eigenvalue weighted by Gasteiger charge is -2.13. The van der Waals surface area contributed by atoms with Gasteiger partial charge < -0.3 is 10.9 Å². The van der Waals surface area contributed by atoms with Crippen LogP contribution in [0.1, 0.15) is 25.7 Å². The number of hydrogen-bond donors (Lipinski definition) is 3. The number of nitrogens with two attached hydrogens (primary N) is 1. The number of nitrogens with one attached hydrogen (secondary N) is 1. The van der Waals surface area contributed by atoms with Crippen molar-refractivity contribution in [3.05, 3.63) is 23.9 Å². The monoisotopic (exact) mass is 182 g/mol. The van der Waals surface area contributed by atoms with Crippen LogP contribution in [0.25, 0.3) is 0 Å². The first-order valence-corrected chi connectivity index (χ1v) is 4.83. The predicted octanol–water partition coefficient (Wildman–Crippen LogP) is 1.55. The van der Waals surface area contributed by atoms with Gasteiger partial charge in [-0.3, -0.25) is 0 Å². The summed E-state index contributed by atoms with van der Waals surface area (Å²) >= 11 is 0. The maximum Gasteiger partial charge on any atom is 0.0270 e. The van der Waals surface area contributed by atoms with Gasteiger partial charge in [-0.15, -0.1) is 0 Å². The van der Waals surface area contributed by atoms with Crippen LogP contribution in [0.3, 0.4) is 0 Å².